The van der Waals surface area contributed by atoms with Gasteiger partial charge in [-0.1, -0.05) is 18.2 Å². The molecular weight excluding hydrogens is 268 g/mol. The Morgan fingerprint density at radius 3 is 2.67 bits per heavy atom. The molecule has 0 aliphatic rings. The van der Waals surface area contributed by atoms with Crippen LogP contribution in [0.25, 0.3) is 0 Å². The number of carboxylic acids is 1. The van der Waals surface area contributed by atoms with E-state index in [4.69, 9.17) is 9.47 Å². The van der Waals surface area contributed by atoms with Gasteiger partial charge in [-0.2, -0.15) is 0 Å². The van der Waals surface area contributed by atoms with E-state index >= 15 is 0 Å². The Bertz CT molecular complexity index is 662. The molecule has 2 aromatic rings. The fourth-order valence-electron chi connectivity index (χ4n) is 1.95. The highest BCUT2D eigenvalue weighted by atomic mass is 16.5. The topological polar surface area (TPSA) is 55.8 Å². The van der Waals surface area contributed by atoms with Crippen molar-refractivity contribution in [2.24, 2.45) is 0 Å². The van der Waals surface area contributed by atoms with Gasteiger partial charge in [-0.05, 0) is 36.8 Å². The van der Waals surface area contributed by atoms with E-state index in [2.05, 4.69) is 6.58 Å². The summed E-state index contributed by atoms with van der Waals surface area (Å²) in [5.41, 5.74) is 1.00. The molecular formula is C17H16O4. The number of hydrogen-bond acceptors (Lipinski definition) is 3. The number of methoxy groups -OCH3 is 1. The normalized spacial score (nSPS) is 9.95. The molecule has 0 amide bonds. The lowest BCUT2D eigenvalue weighted by molar-refractivity contribution is 0.0694. The summed E-state index contributed by atoms with van der Waals surface area (Å²) in [5, 5.41) is 9.18. The van der Waals surface area contributed by atoms with Crippen LogP contribution in [0.3, 0.4) is 0 Å². The van der Waals surface area contributed by atoms with Crippen molar-refractivity contribution in [3.05, 3.63) is 66.2 Å². The maximum absolute atomic E-state index is 11.2. The van der Waals surface area contributed by atoms with E-state index in [0.29, 0.717) is 23.7 Å². The molecule has 108 valence electrons. The predicted molar refractivity (Wildman–Crippen MR) is 80.4 cm³/mol. The molecule has 2 rings (SSSR count). The highest BCUT2D eigenvalue weighted by molar-refractivity contribution is 5.90. The Morgan fingerprint density at radius 2 is 2.00 bits per heavy atom. The minimum absolute atomic E-state index is 0.123. The summed E-state index contributed by atoms with van der Waals surface area (Å²) in [6, 6.07) is 11.9. The van der Waals surface area contributed by atoms with Gasteiger partial charge in [0, 0.05) is 5.56 Å². The van der Waals surface area contributed by atoms with Gasteiger partial charge in [-0.3, -0.25) is 0 Å². The molecule has 0 fully saturated rings. The largest absolute Gasteiger partial charge is 0.497 e. The first kappa shape index (κ1) is 14.7. The summed E-state index contributed by atoms with van der Waals surface area (Å²) in [6.45, 7) is 3.71. The molecule has 0 aromatic heterocycles. The SMILES string of the molecule is C=CCc1cc(OC)ccc1Oc1ccccc1C(=O)O. The number of carboxylic acid groups (broad SMARTS) is 1. The summed E-state index contributed by atoms with van der Waals surface area (Å²) < 4.78 is 11.0. The first-order valence-electron chi connectivity index (χ1n) is 6.43. The van der Waals surface area contributed by atoms with Gasteiger partial charge in [0.05, 0.1) is 7.11 Å². The van der Waals surface area contributed by atoms with Crippen LogP contribution in [0.4, 0.5) is 0 Å². The van der Waals surface area contributed by atoms with E-state index in [1.54, 1.807) is 43.5 Å². The summed E-state index contributed by atoms with van der Waals surface area (Å²) >= 11 is 0. The Kier molecular flexibility index (Phi) is 4.61. The van der Waals surface area contributed by atoms with Crippen molar-refractivity contribution >= 4 is 5.97 Å². The summed E-state index contributed by atoms with van der Waals surface area (Å²) in [5.74, 6) is 0.583. The molecule has 0 unspecified atom stereocenters. The zero-order valence-electron chi connectivity index (χ0n) is 11.7. The van der Waals surface area contributed by atoms with Crippen molar-refractivity contribution in [1.82, 2.24) is 0 Å². The minimum atomic E-state index is -1.02. The Morgan fingerprint density at radius 1 is 1.24 bits per heavy atom. The third kappa shape index (κ3) is 3.42. The van der Waals surface area contributed by atoms with Gasteiger partial charge < -0.3 is 14.6 Å². The number of allylic oxidation sites excluding steroid dienone is 1. The van der Waals surface area contributed by atoms with Crippen LogP contribution in [-0.2, 0) is 6.42 Å². The zero-order chi connectivity index (χ0) is 15.2. The van der Waals surface area contributed by atoms with Crippen LogP contribution in [0.5, 0.6) is 17.2 Å². The molecule has 0 saturated carbocycles. The monoisotopic (exact) mass is 284 g/mol. The lowest BCUT2D eigenvalue weighted by atomic mass is 10.1. The van der Waals surface area contributed by atoms with Crippen LogP contribution < -0.4 is 9.47 Å². The number of ether oxygens (including phenoxy) is 2. The predicted octanol–water partition coefficient (Wildman–Crippen LogP) is 3.91. The lowest BCUT2D eigenvalue weighted by Gasteiger charge is -2.13. The van der Waals surface area contributed by atoms with Crippen LogP contribution in [0.2, 0.25) is 0 Å². The smallest absolute Gasteiger partial charge is 0.339 e. The molecule has 4 nitrogen and oxygen atoms in total. The second-order valence-electron chi connectivity index (χ2n) is 4.37. The number of para-hydroxylation sites is 1. The molecule has 1 N–H and O–H groups in total. The number of rotatable bonds is 6. The van der Waals surface area contributed by atoms with Gasteiger partial charge >= 0.3 is 5.97 Å². The van der Waals surface area contributed by atoms with Crippen LogP contribution >= 0.6 is 0 Å². The number of carbonyl (C=O) groups is 1. The Balaban J connectivity index is 2.39. The van der Waals surface area contributed by atoms with E-state index in [9.17, 15) is 9.90 Å². The van der Waals surface area contributed by atoms with E-state index in [1.165, 1.54) is 6.07 Å². The van der Waals surface area contributed by atoms with Gasteiger partial charge in [0.1, 0.15) is 22.8 Å². The third-order valence-corrected chi connectivity index (χ3v) is 2.97. The van der Waals surface area contributed by atoms with Crippen molar-refractivity contribution in [2.75, 3.05) is 7.11 Å². The highest BCUT2D eigenvalue weighted by Crippen LogP contribution is 2.31. The Labute approximate surface area is 123 Å². The standard InChI is InChI=1S/C17H16O4/c1-3-6-12-11-13(20-2)9-10-15(12)21-16-8-5-4-7-14(16)17(18)19/h3-5,7-11H,1,6H2,2H3,(H,18,19). The van der Waals surface area contributed by atoms with Gasteiger partial charge in [-0.25, -0.2) is 4.79 Å². The van der Waals surface area contributed by atoms with Gasteiger partial charge in [0.25, 0.3) is 0 Å². The second-order valence-corrected chi connectivity index (χ2v) is 4.37. The van der Waals surface area contributed by atoms with E-state index < -0.39 is 5.97 Å². The maximum Gasteiger partial charge on any atom is 0.339 e. The second kappa shape index (κ2) is 6.61. The average molecular weight is 284 g/mol. The molecule has 0 saturated heterocycles. The van der Waals surface area contributed by atoms with Gasteiger partial charge in [0.2, 0.25) is 0 Å². The van der Waals surface area contributed by atoms with E-state index in [-0.39, 0.29) is 5.56 Å². The van der Waals surface area contributed by atoms with Crippen molar-refractivity contribution < 1.29 is 19.4 Å². The molecule has 2 aromatic carbocycles. The molecule has 0 aliphatic heterocycles. The first-order chi connectivity index (χ1) is 10.2. The lowest BCUT2D eigenvalue weighted by Crippen LogP contribution is -2.00. The van der Waals surface area contributed by atoms with Crippen molar-refractivity contribution in [2.45, 2.75) is 6.42 Å². The zero-order valence-corrected chi connectivity index (χ0v) is 11.7. The van der Waals surface area contributed by atoms with Crippen LogP contribution in [0.15, 0.2) is 55.1 Å². The van der Waals surface area contributed by atoms with Crippen molar-refractivity contribution in [1.29, 1.82) is 0 Å². The Hall–Kier alpha value is -2.75. The van der Waals surface area contributed by atoms with Gasteiger partial charge in [-0.15, -0.1) is 6.58 Å². The molecule has 0 bridgehead atoms. The van der Waals surface area contributed by atoms with E-state index in [1.807, 2.05) is 6.07 Å². The minimum Gasteiger partial charge on any atom is -0.497 e. The fourth-order valence-corrected chi connectivity index (χ4v) is 1.95. The van der Waals surface area contributed by atoms with Crippen LogP contribution in [-0.4, -0.2) is 18.2 Å². The highest BCUT2D eigenvalue weighted by Gasteiger charge is 2.13. The van der Waals surface area contributed by atoms with Crippen LogP contribution in [0, 0.1) is 0 Å². The fraction of sp³-hybridized carbons (Fsp3) is 0.118. The third-order valence-electron chi connectivity index (χ3n) is 2.97. The molecule has 0 heterocycles. The summed E-state index contributed by atoms with van der Waals surface area (Å²) in [7, 11) is 1.59. The molecule has 21 heavy (non-hydrogen) atoms. The van der Waals surface area contributed by atoms with Crippen LogP contribution in [0.1, 0.15) is 15.9 Å². The number of hydrogen-bond donors (Lipinski definition) is 1. The average Bonchev–Trinajstić information content (AvgIpc) is 2.49. The van der Waals surface area contributed by atoms with Crippen molar-refractivity contribution in [3.63, 3.8) is 0 Å². The molecule has 0 radical (unpaired) electrons. The molecule has 0 spiro atoms. The van der Waals surface area contributed by atoms with Crippen molar-refractivity contribution in [3.8, 4) is 17.2 Å². The summed E-state index contributed by atoms with van der Waals surface area (Å²) in [4.78, 5) is 11.2. The summed E-state index contributed by atoms with van der Waals surface area (Å²) in [6.07, 6.45) is 2.35. The maximum atomic E-state index is 11.2. The number of benzene rings is 2. The molecule has 0 aliphatic carbocycles. The van der Waals surface area contributed by atoms with Gasteiger partial charge in [0.15, 0.2) is 0 Å². The first-order valence-corrected chi connectivity index (χ1v) is 6.43. The molecule has 4 heteroatoms. The van der Waals surface area contributed by atoms with E-state index in [0.717, 1.165) is 5.56 Å². The number of aromatic carboxylic acids is 1. The molecule has 0 atom stereocenters. The quantitative estimate of drug-likeness (QED) is 0.817.